The summed E-state index contributed by atoms with van der Waals surface area (Å²) in [6.45, 7) is 2.86. The lowest BCUT2D eigenvalue weighted by Gasteiger charge is -2.30. The second-order valence-electron chi connectivity index (χ2n) is 4.19. The van der Waals surface area contributed by atoms with Gasteiger partial charge >= 0.3 is 0 Å². The third-order valence-corrected chi connectivity index (χ3v) is 5.80. The molecule has 1 nitrogen and oxygen atoms in total. The van der Waals surface area contributed by atoms with Crippen molar-refractivity contribution < 1.29 is 8.78 Å². The van der Waals surface area contributed by atoms with Crippen LogP contribution < -0.4 is 5.32 Å². The maximum atomic E-state index is 13.3. The zero-order valence-corrected chi connectivity index (χ0v) is 11.9. The molecule has 1 aromatic carbocycles. The molecule has 2 atom stereocenters. The van der Waals surface area contributed by atoms with E-state index in [9.17, 15) is 8.78 Å². The molecular formula is C13H17F2NS2. The monoisotopic (exact) mass is 289 g/mol. The number of thioether (sulfide) groups is 2. The van der Waals surface area contributed by atoms with E-state index in [1.807, 2.05) is 30.4 Å². The Balaban J connectivity index is 2.19. The van der Waals surface area contributed by atoms with E-state index in [0.29, 0.717) is 5.25 Å². The summed E-state index contributed by atoms with van der Waals surface area (Å²) in [4.78, 5) is 0. The molecule has 0 amide bonds. The van der Waals surface area contributed by atoms with Gasteiger partial charge in [0.2, 0.25) is 0 Å². The zero-order valence-electron chi connectivity index (χ0n) is 10.3. The Hall–Kier alpha value is -0.260. The van der Waals surface area contributed by atoms with E-state index in [1.54, 1.807) is 6.07 Å². The van der Waals surface area contributed by atoms with Gasteiger partial charge in [0, 0.05) is 28.6 Å². The maximum Gasteiger partial charge on any atom is 0.159 e. The van der Waals surface area contributed by atoms with Gasteiger partial charge in [0.1, 0.15) is 0 Å². The van der Waals surface area contributed by atoms with Crippen LogP contribution in [0.2, 0.25) is 0 Å². The van der Waals surface area contributed by atoms with Gasteiger partial charge in [-0.1, -0.05) is 13.0 Å². The Morgan fingerprint density at radius 1 is 1.33 bits per heavy atom. The van der Waals surface area contributed by atoms with Crippen molar-refractivity contribution in [3.05, 3.63) is 35.4 Å². The quantitative estimate of drug-likeness (QED) is 0.911. The highest BCUT2D eigenvalue weighted by atomic mass is 32.2. The Kier molecular flexibility index (Phi) is 5.33. The molecule has 2 rings (SSSR count). The molecule has 1 fully saturated rings. The molecule has 18 heavy (non-hydrogen) atoms. The number of nitrogens with one attached hydrogen (secondary N) is 1. The van der Waals surface area contributed by atoms with Crippen molar-refractivity contribution in [3.63, 3.8) is 0 Å². The molecule has 1 aromatic rings. The molecule has 5 heteroatoms. The van der Waals surface area contributed by atoms with Crippen LogP contribution >= 0.6 is 23.5 Å². The largest absolute Gasteiger partial charge is 0.309 e. The summed E-state index contributed by atoms with van der Waals surface area (Å²) < 4.78 is 26.3. The van der Waals surface area contributed by atoms with Crippen LogP contribution in [-0.2, 0) is 0 Å². The second kappa shape index (κ2) is 6.78. The summed E-state index contributed by atoms with van der Waals surface area (Å²) in [5.74, 6) is 1.82. The first kappa shape index (κ1) is 14.2. The van der Waals surface area contributed by atoms with Gasteiger partial charge in [-0.15, -0.1) is 0 Å². The lowest BCUT2D eigenvalue weighted by molar-refractivity contribution is 0.497. The van der Waals surface area contributed by atoms with Crippen LogP contribution in [0.15, 0.2) is 18.2 Å². The van der Waals surface area contributed by atoms with E-state index in [1.165, 1.54) is 17.9 Å². The highest BCUT2D eigenvalue weighted by Crippen LogP contribution is 2.33. The Morgan fingerprint density at radius 3 is 2.78 bits per heavy atom. The predicted molar refractivity (Wildman–Crippen MR) is 76.3 cm³/mol. The topological polar surface area (TPSA) is 12.0 Å². The number of benzene rings is 1. The summed E-state index contributed by atoms with van der Waals surface area (Å²) in [5, 5.41) is 3.82. The minimum atomic E-state index is -0.778. The van der Waals surface area contributed by atoms with Crippen LogP contribution in [0, 0.1) is 11.6 Å². The van der Waals surface area contributed by atoms with Crippen molar-refractivity contribution in [2.24, 2.45) is 0 Å². The maximum absolute atomic E-state index is 13.3. The van der Waals surface area contributed by atoms with Gasteiger partial charge in [0.05, 0.1) is 0 Å². The first-order valence-corrected chi connectivity index (χ1v) is 8.30. The van der Waals surface area contributed by atoms with Crippen LogP contribution in [0.3, 0.4) is 0 Å². The molecule has 1 aliphatic rings. The minimum absolute atomic E-state index is 0.0999. The van der Waals surface area contributed by atoms with Crippen molar-refractivity contribution >= 4 is 23.5 Å². The summed E-state index contributed by atoms with van der Waals surface area (Å²) >= 11 is 3.85. The van der Waals surface area contributed by atoms with Gasteiger partial charge in [0.15, 0.2) is 11.6 Å². The van der Waals surface area contributed by atoms with E-state index in [-0.39, 0.29) is 6.04 Å². The normalized spacial score (nSPS) is 21.8. The van der Waals surface area contributed by atoms with Gasteiger partial charge in [-0.3, -0.25) is 0 Å². The van der Waals surface area contributed by atoms with E-state index in [4.69, 9.17) is 0 Å². The first-order chi connectivity index (χ1) is 8.72. The molecule has 0 aromatic heterocycles. The van der Waals surface area contributed by atoms with E-state index < -0.39 is 11.6 Å². The fourth-order valence-electron chi connectivity index (χ4n) is 2.09. The predicted octanol–water partition coefficient (Wildman–Crippen LogP) is 3.46. The average Bonchev–Trinajstić information content (AvgIpc) is 2.40. The van der Waals surface area contributed by atoms with E-state index in [2.05, 4.69) is 5.32 Å². The average molecular weight is 289 g/mol. The molecular weight excluding hydrogens is 272 g/mol. The van der Waals surface area contributed by atoms with Crippen molar-refractivity contribution in [2.75, 3.05) is 23.8 Å². The number of hydrogen-bond acceptors (Lipinski definition) is 3. The fourth-order valence-corrected chi connectivity index (χ4v) is 4.96. The molecule has 0 bridgehead atoms. The molecule has 0 aliphatic carbocycles. The van der Waals surface area contributed by atoms with Gasteiger partial charge in [-0.2, -0.15) is 23.5 Å². The highest BCUT2D eigenvalue weighted by Gasteiger charge is 2.25. The number of rotatable bonds is 4. The van der Waals surface area contributed by atoms with Crippen molar-refractivity contribution in [3.8, 4) is 0 Å². The number of halogens is 2. The Labute approximate surface area is 115 Å². The summed E-state index contributed by atoms with van der Waals surface area (Å²) in [7, 11) is 0. The van der Waals surface area contributed by atoms with Gasteiger partial charge in [-0.05, 0) is 24.2 Å². The van der Waals surface area contributed by atoms with Crippen LogP contribution in [0.4, 0.5) is 8.78 Å². The molecule has 1 N–H and O–H groups in total. The smallest absolute Gasteiger partial charge is 0.159 e. The van der Waals surface area contributed by atoms with Gasteiger partial charge in [-0.25, -0.2) is 8.78 Å². The van der Waals surface area contributed by atoms with Crippen LogP contribution in [-0.4, -0.2) is 29.1 Å². The molecule has 2 unspecified atom stereocenters. The zero-order chi connectivity index (χ0) is 13.0. The van der Waals surface area contributed by atoms with E-state index >= 15 is 0 Å². The number of hydrogen-bond donors (Lipinski definition) is 1. The first-order valence-electron chi connectivity index (χ1n) is 6.10. The fraction of sp³-hybridized carbons (Fsp3) is 0.538. The van der Waals surface area contributed by atoms with Crippen LogP contribution in [0.1, 0.15) is 18.5 Å². The molecule has 1 saturated heterocycles. The highest BCUT2D eigenvalue weighted by molar-refractivity contribution is 8.06. The minimum Gasteiger partial charge on any atom is -0.309 e. The van der Waals surface area contributed by atoms with Crippen molar-refractivity contribution in [1.29, 1.82) is 0 Å². The Morgan fingerprint density at radius 2 is 2.17 bits per heavy atom. The summed E-state index contributed by atoms with van der Waals surface area (Å²) in [6, 6.07) is 4.33. The van der Waals surface area contributed by atoms with Crippen molar-refractivity contribution in [2.45, 2.75) is 18.2 Å². The van der Waals surface area contributed by atoms with Crippen LogP contribution in [0.25, 0.3) is 0 Å². The summed E-state index contributed by atoms with van der Waals surface area (Å²) in [5.41, 5.74) is 0.843. The second-order valence-corrected chi connectivity index (χ2v) is 6.69. The Bertz CT molecular complexity index is 395. The lowest BCUT2D eigenvalue weighted by atomic mass is 10.0. The third-order valence-electron chi connectivity index (χ3n) is 2.94. The standard InChI is InChI=1S/C13H17F2NS2/c1-2-16-13(12-8-17-5-6-18-12)9-3-4-10(14)11(15)7-9/h3-4,7,12-13,16H,2,5-6,8H2,1H3. The van der Waals surface area contributed by atoms with E-state index in [0.717, 1.165) is 23.6 Å². The SMILES string of the molecule is CCNC(c1ccc(F)c(F)c1)C1CSCCS1. The lowest BCUT2D eigenvalue weighted by Crippen LogP contribution is -2.33. The molecule has 1 heterocycles. The third kappa shape index (κ3) is 3.39. The van der Waals surface area contributed by atoms with Gasteiger partial charge < -0.3 is 5.32 Å². The molecule has 1 aliphatic heterocycles. The van der Waals surface area contributed by atoms with Crippen molar-refractivity contribution in [1.82, 2.24) is 5.32 Å². The molecule has 0 saturated carbocycles. The molecule has 0 spiro atoms. The van der Waals surface area contributed by atoms with Gasteiger partial charge in [0.25, 0.3) is 0 Å². The molecule has 100 valence electrons. The molecule has 0 radical (unpaired) electrons. The summed E-state index contributed by atoms with van der Waals surface area (Å²) in [6.07, 6.45) is 0. The van der Waals surface area contributed by atoms with Crippen LogP contribution in [0.5, 0.6) is 0 Å².